The molecule has 1 atom stereocenters. The van der Waals surface area contributed by atoms with Crippen LogP contribution in [0.5, 0.6) is 0 Å². The van der Waals surface area contributed by atoms with Crippen molar-refractivity contribution in [1.82, 2.24) is 14.8 Å². The zero-order valence-electron chi connectivity index (χ0n) is 16.9. The molecule has 6 heteroatoms. The van der Waals surface area contributed by atoms with Gasteiger partial charge in [0.2, 0.25) is 5.91 Å². The zero-order valence-corrected chi connectivity index (χ0v) is 16.9. The highest BCUT2D eigenvalue weighted by atomic mass is 16.5. The fourth-order valence-corrected chi connectivity index (χ4v) is 4.89. The third-order valence-corrected chi connectivity index (χ3v) is 6.64. The van der Waals surface area contributed by atoms with Gasteiger partial charge in [-0.15, -0.1) is 0 Å². The molecule has 3 aliphatic rings. The number of piperidine rings is 1. The number of carbonyl (C=O) groups excluding carboxylic acids is 2. The van der Waals surface area contributed by atoms with Crippen molar-refractivity contribution in [3.05, 3.63) is 29.6 Å². The molecule has 6 nitrogen and oxygen atoms in total. The van der Waals surface area contributed by atoms with Gasteiger partial charge in [0.1, 0.15) is 0 Å². The first-order valence-electron chi connectivity index (χ1n) is 10.7. The van der Waals surface area contributed by atoms with E-state index in [-0.39, 0.29) is 11.5 Å². The normalized spacial score (nSPS) is 24.5. The second-order valence-electron chi connectivity index (χ2n) is 8.66. The summed E-state index contributed by atoms with van der Waals surface area (Å²) in [7, 11) is 0. The van der Waals surface area contributed by atoms with Gasteiger partial charge in [0.25, 0.3) is 5.91 Å². The van der Waals surface area contributed by atoms with Crippen molar-refractivity contribution in [2.24, 2.45) is 5.92 Å². The number of aromatic nitrogens is 1. The largest absolute Gasteiger partial charge is 0.375 e. The SMILES string of the molecule is Cc1ccc(C(=O)N2CCC3(CC2)CC(CC(=O)N2CCCC2)CCO3)cn1. The average Bonchev–Trinajstić information content (AvgIpc) is 3.24. The standard InChI is InChI=1S/C22H31N3O3/c1-17-4-5-19(16-23-17)21(27)25-11-7-22(8-12-25)15-18(6-13-28-22)14-20(26)24-9-2-3-10-24/h4-5,16,18H,2-3,6-15H2,1H3. The van der Waals surface area contributed by atoms with Crippen LogP contribution in [0.3, 0.4) is 0 Å². The van der Waals surface area contributed by atoms with Crippen LogP contribution < -0.4 is 0 Å². The molecule has 1 spiro atoms. The third-order valence-electron chi connectivity index (χ3n) is 6.64. The molecule has 0 aliphatic carbocycles. The van der Waals surface area contributed by atoms with Crippen molar-refractivity contribution in [3.63, 3.8) is 0 Å². The lowest BCUT2D eigenvalue weighted by atomic mass is 9.78. The highest BCUT2D eigenvalue weighted by molar-refractivity contribution is 5.94. The third kappa shape index (κ3) is 4.22. The van der Waals surface area contributed by atoms with Crippen LogP contribution in [-0.2, 0) is 9.53 Å². The minimum atomic E-state index is -0.156. The van der Waals surface area contributed by atoms with Crippen LogP contribution in [0.1, 0.15) is 61.0 Å². The fourth-order valence-electron chi connectivity index (χ4n) is 4.89. The van der Waals surface area contributed by atoms with Crippen LogP contribution in [0.4, 0.5) is 0 Å². The van der Waals surface area contributed by atoms with E-state index < -0.39 is 0 Å². The first-order valence-corrected chi connectivity index (χ1v) is 10.7. The Morgan fingerprint density at radius 2 is 1.89 bits per heavy atom. The molecule has 4 rings (SSSR count). The number of amides is 2. The molecule has 0 N–H and O–H groups in total. The van der Waals surface area contributed by atoms with Crippen molar-refractivity contribution in [2.75, 3.05) is 32.8 Å². The summed E-state index contributed by atoms with van der Waals surface area (Å²) >= 11 is 0. The van der Waals surface area contributed by atoms with E-state index in [1.165, 1.54) is 0 Å². The summed E-state index contributed by atoms with van der Waals surface area (Å²) in [6, 6.07) is 3.73. The van der Waals surface area contributed by atoms with Gasteiger partial charge in [0, 0.05) is 51.1 Å². The topological polar surface area (TPSA) is 62.7 Å². The molecule has 152 valence electrons. The Hall–Kier alpha value is -1.95. The predicted octanol–water partition coefficient (Wildman–Crippen LogP) is 2.80. The van der Waals surface area contributed by atoms with Crippen LogP contribution in [0.2, 0.25) is 0 Å². The maximum absolute atomic E-state index is 12.7. The van der Waals surface area contributed by atoms with Crippen molar-refractivity contribution in [1.29, 1.82) is 0 Å². The number of ether oxygens (including phenoxy) is 1. The Balaban J connectivity index is 1.32. The lowest BCUT2D eigenvalue weighted by molar-refractivity contribution is -0.140. The Kier molecular flexibility index (Phi) is 5.67. The van der Waals surface area contributed by atoms with E-state index in [0.29, 0.717) is 36.9 Å². The molecule has 1 unspecified atom stereocenters. The highest BCUT2D eigenvalue weighted by Crippen LogP contribution is 2.39. The number of aryl methyl sites for hydroxylation is 1. The summed E-state index contributed by atoms with van der Waals surface area (Å²) in [4.78, 5) is 33.5. The number of nitrogens with zero attached hydrogens (tertiary/aromatic N) is 3. The minimum absolute atomic E-state index is 0.0546. The van der Waals surface area contributed by atoms with E-state index in [2.05, 4.69) is 4.98 Å². The van der Waals surface area contributed by atoms with Gasteiger partial charge < -0.3 is 14.5 Å². The number of carbonyl (C=O) groups is 2. The molecule has 3 aliphatic heterocycles. The molecule has 0 bridgehead atoms. The molecule has 0 aromatic carbocycles. The summed E-state index contributed by atoms with van der Waals surface area (Å²) < 4.78 is 6.22. The second kappa shape index (κ2) is 8.19. The molecule has 0 radical (unpaired) electrons. The smallest absolute Gasteiger partial charge is 0.255 e. The Morgan fingerprint density at radius 1 is 1.14 bits per heavy atom. The summed E-state index contributed by atoms with van der Waals surface area (Å²) in [6.07, 6.45) is 8.23. The fraction of sp³-hybridized carbons (Fsp3) is 0.682. The van der Waals surface area contributed by atoms with Gasteiger partial charge in [-0.3, -0.25) is 14.6 Å². The Labute approximate surface area is 167 Å². The van der Waals surface area contributed by atoms with Crippen LogP contribution in [0, 0.1) is 12.8 Å². The van der Waals surface area contributed by atoms with Crippen LogP contribution >= 0.6 is 0 Å². The molecular formula is C22H31N3O3. The summed E-state index contributed by atoms with van der Waals surface area (Å²) in [5, 5.41) is 0. The first kappa shape index (κ1) is 19.4. The Bertz CT molecular complexity index is 704. The quantitative estimate of drug-likeness (QED) is 0.803. The maximum atomic E-state index is 12.7. The zero-order chi connectivity index (χ0) is 19.6. The van der Waals surface area contributed by atoms with Crippen LogP contribution in [-0.4, -0.2) is 65.0 Å². The van der Waals surface area contributed by atoms with Gasteiger partial charge in [-0.2, -0.15) is 0 Å². The first-order chi connectivity index (χ1) is 13.5. The van der Waals surface area contributed by atoms with Gasteiger partial charge in [-0.1, -0.05) is 0 Å². The molecule has 3 saturated heterocycles. The number of hydrogen-bond donors (Lipinski definition) is 0. The van der Waals surface area contributed by atoms with Crippen molar-refractivity contribution >= 4 is 11.8 Å². The van der Waals surface area contributed by atoms with Gasteiger partial charge in [-0.05, 0) is 63.5 Å². The number of rotatable bonds is 3. The molecule has 4 heterocycles. The van der Waals surface area contributed by atoms with Crippen molar-refractivity contribution < 1.29 is 14.3 Å². The molecule has 28 heavy (non-hydrogen) atoms. The van der Waals surface area contributed by atoms with Gasteiger partial charge >= 0.3 is 0 Å². The maximum Gasteiger partial charge on any atom is 0.255 e. The number of likely N-dealkylation sites (tertiary alicyclic amines) is 2. The van der Waals surface area contributed by atoms with Gasteiger partial charge in [0.05, 0.1) is 11.2 Å². The summed E-state index contributed by atoms with van der Waals surface area (Å²) in [5.41, 5.74) is 1.41. The summed E-state index contributed by atoms with van der Waals surface area (Å²) in [6.45, 7) is 5.92. The van der Waals surface area contributed by atoms with Crippen molar-refractivity contribution in [2.45, 2.75) is 57.5 Å². The van der Waals surface area contributed by atoms with Gasteiger partial charge in [0.15, 0.2) is 0 Å². The number of pyridine rings is 1. The molecular weight excluding hydrogens is 354 g/mol. The van der Waals surface area contributed by atoms with Crippen LogP contribution in [0.25, 0.3) is 0 Å². The molecule has 1 aromatic rings. The van der Waals surface area contributed by atoms with E-state index in [0.717, 1.165) is 63.9 Å². The second-order valence-corrected chi connectivity index (χ2v) is 8.66. The molecule has 1 aromatic heterocycles. The average molecular weight is 386 g/mol. The molecule has 3 fully saturated rings. The van der Waals surface area contributed by atoms with E-state index in [4.69, 9.17) is 4.74 Å². The lowest BCUT2D eigenvalue weighted by Crippen LogP contribution is -2.51. The van der Waals surface area contributed by atoms with Crippen LogP contribution in [0.15, 0.2) is 18.3 Å². The number of hydrogen-bond acceptors (Lipinski definition) is 4. The predicted molar refractivity (Wildman–Crippen MR) is 106 cm³/mol. The van der Waals surface area contributed by atoms with E-state index in [9.17, 15) is 9.59 Å². The van der Waals surface area contributed by atoms with Gasteiger partial charge in [-0.25, -0.2) is 0 Å². The minimum Gasteiger partial charge on any atom is -0.375 e. The molecule has 2 amide bonds. The lowest BCUT2D eigenvalue weighted by Gasteiger charge is -2.46. The Morgan fingerprint density at radius 3 is 2.57 bits per heavy atom. The monoisotopic (exact) mass is 385 g/mol. The van der Waals surface area contributed by atoms with E-state index in [1.807, 2.05) is 28.9 Å². The van der Waals surface area contributed by atoms with E-state index >= 15 is 0 Å². The van der Waals surface area contributed by atoms with E-state index in [1.54, 1.807) is 6.20 Å². The highest BCUT2D eigenvalue weighted by Gasteiger charge is 2.42. The summed E-state index contributed by atoms with van der Waals surface area (Å²) in [5.74, 6) is 0.781. The molecule has 0 saturated carbocycles. The van der Waals surface area contributed by atoms with Crippen molar-refractivity contribution in [3.8, 4) is 0 Å².